The minimum atomic E-state index is -0.763. The third-order valence-corrected chi connectivity index (χ3v) is 6.85. The summed E-state index contributed by atoms with van der Waals surface area (Å²) in [6.45, 7) is 0.760. The fraction of sp³-hybridized carbons (Fsp3) is 0.320. The summed E-state index contributed by atoms with van der Waals surface area (Å²) in [4.78, 5) is 43.9. The van der Waals surface area contributed by atoms with E-state index in [2.05, 4.69) is 0 Å². The topological polar surface area (TPSA) is 66.9 Å². The number of nitrogens with zero attached hydrogens (tertiary/aromatic N) is 2. The summed E-state index contributed by atoms with van der Waals surface area (Å²) < 4.78 is 5.08. The number of halogens is 1. The lowest BCUT2D eigenvalue weighted by molar-refractivity contribution is -0.140. The number of ether oxygens (including phenoxy) is 1. The molecule has 2 aromatic rings. The Labute approximate surface area is 191 Å². The molecule has 0 radical (unpaired) electrons. The fourth-order valence-corrected chi connectivity index (χ4v) is 5.45. The molecule has 5 rings (SSSR count). The lowest BCUT2D eigenvalue weighted by Crippen LogP contribution is -2.48. The van der Waals surface area contributed by atoms with E-state index < -0.39 is 17.9 Å². The molecule has 0 aliphatic carbocycles. The van der Waals surface area contributed by atoms with E-state index >= 15 is 0 Å². The third-order valence-electron chi connectivity index (χ3n) is 6.62. The Morgan fingerprint density at radius 3 is 2.56 bits per heavy atom. The molecule has 0 spiro atoms. The highest BCUT2D eigenvalue weighted by Crippen LogP contribution is 2.49. The fourth-order valence-electron chi connectivity index (χ4n) is 5.27. The summed E-state index contributed by atoms with van der Waals surface area (Å²) in [5.41, 5.74) is 2.22. The number of amides is 2. The van der Waals surface area contributed by atoms with Crippen LogP contribution in [0.3, 0.4) is 0 Å². The van der Waals surface area contributed by atoms with Gasteiger partial charge in [-0.25, -0.2) is 0 Å². The summed E-state index contributed by atoms with van der Waals surface area (Å²) in [5, 5.41) is 0.591. The third kappa shape index (κ3) is 3.17. The molecule has 3 aliphatic heterocycles. The van der Waals surface area contributed by atoms with Gasteiger partial charge in [-0.1, -0.05) is 54.1 Å². The summed E-state index contributed by atoms with van der Waals surface area (Å²) in [6.07, 6.45) is 4.43. The van der Waals surface area contributed by atoms with Crippen LogP contribution in [0.5, 0.6) is 0 Å². The molecule has 4 atom stereocenters. The Morgan fingerprint density at radius 1 is 1.06 bits per heavy atom. The number of methoxy groups -OCH3 is 1. The predicted octanol–water partition coefficient (Wildman–Crippen LogP) is 3.44. The van der Waals surface area contributed by atoms with Gasteiger partial charge in [0.05, 0.1) is 17.9 Å². The molecule has 7 heteroatoms. The summed E-state index contributed by atoms with van der Waals surface area (Å²) >= 11 is 6.19. The summed E-state index contributed by atoms with van der Waals surface area (Å²) in [5.74, 6) is -1.96. The molecule has 0 N–H and O–H groups in total. The number of carbonyl (C=O) groups is 3. The molecule has 0 bridgehead atoms. The zero-order valence-electron chi connectivity index (χ0n) is 17.6. The van der Waals surface area contributed by atoms with Gasteiger partial charge in [0.25, 0.3) is 0 Å². The zero-order chi connectivity index (χ0) is 22.4. The van der Waals surface area contributed by atoms with Gasteiger partial charge in [0.1, 0.15) is 6.04 Å². The van der Waals surface area contributed by atoms with Gasteiger partial charge in [0, 0.05) is 36.5 Å². The zero-order valence-corrected chi connectivity index (χ0v) is 18.4. The average molecular weight is 451 g/mol. The molecule has 2 saturated heterocycles. The number of imide groups is 1. The van der Waals surface area contributed by atoms with Gasteiger partial charge in [-0.05, 0) is 30.2 Å². The molecule has 164 valence electrons. The number of carbonyl (C=O) groups excluding carboxylic acids is 3. The highest BCUT2D eigenvalue weighted by molar-refractivity contribution is 6.30. The Hall–Kier alpha value is -2.96. The van der Waals surface area contributed by atoms with Gasteiger partial charge >= 0.3 is 0 Å². The van der Waals surface area contributed by atoms with E-state index in [4.69, 9.17) is 16.3 Å². The maximum absolute atomic E-state index is 13.7. The number of hydrogen-bond donors (Lipinski definition) is 0. The van der Waals surface area contributed by atoms with Crippen molar-refractivity contribution in [2.24, 2.45) is 11.8 Å². The smallest absolute Gasteiger partial charge is 0.235 e. The molecule has 3 heterocycles. The summed E-state index contributed by atoms with van der Waals surface area (Å²) in [6, 6.07) is 13.3. The molecule has 4 unspecified atom stereocenters. The molecule has 6 nitrogen and oxygen atoms in total. The first-order valence-electron chi connectivity index (χ1n) is 10.7. The molecule has 0 aromatic heterocycles. The minimum Gasteiger partial charge on any atom is -0.385 e. The van der Waals surface area contributed by atoms with Gasteiger partial charge in [0.2, 0.25) is 11.8 Å². The Morgan fingerprint density at radius 2 is 1.81 bits per heavy atom. The molecular weight excluding hydrogens is 428 g/mol. The van der Waals surface area contributed by atoms with Crippen LogP contribution in [0.25, 0.3) is 6.08 Å². The van der Waals surface area contributed by atoms with Crippen molar-refractivity contribution < 1.29 is 19.1 Å². The van der Waals surface area contributed by atoms with Gasteiger partial charge < -0.3 is 9.64 Å². The molecule has 3 aliphatic rings. The Kier molecular flexibility index (Phi) is 5.35. The normalized spacial score (nSPS) is 25.7. The van der Waals surface area contributed by atoms with Crippen molar-refractivity contribution >= 4 is 41.0 Å². The van der Waals surface area contributed by atoms with E-state index in [-0.39, 0.29) is 23.6 Å². The number of rotatable bonds is 6. The van der Waals surface area contributed by atoms with E-state index in [1.807, 2.05) is 35.3 Å². The number of likely N-dealkylation sites (tertiary alicyclic amines) is 1. The second-order valence-electron chi connectivity index (χ2n) is 8.36. The standard InChI is InChI=1S/C25H23ClN2O4/c1-32-13-5-12-27-24(30)20-19-10-8-16-14-17(26)9-11-18(16)28(19)22(21(20)25(27)31)23(29)15-6-3-2-4-7-15/h2-4,6-11,14,19-22H,5,12-13H2,1H3. The van der Waals surface area contributed by atoms with Gasteiger partial charge in [0.15, 0.2) is 5.78 Å². The number of ketones is 1. The maximum atomic E-state index is 13.7. The Balaban J connectivity index is 1.59. The van der Waals surface area contributed by atoms with Gasteiger partial charge in [-0.15, -0.1) is 0 Å². The number of Topliss-reactive ketones (excluding diaryl/α,β-unsaturated/α-hetero) is 1. The lowest BCUT2D eigenvalue weighted by atomic mass is 9.86. The van der Waals surface area contributed by atoms with Crippen LogP contribution in [0.2, 0.25) is 5.02 Å². The van der Waals surface area contributed by atoms with Crippen LogP contribution >= 0.6 is 11.6 Å². The highest BCUT2D eigenvalue weighted by Gasteiger charge is 2.63. The van der Waals surface area contributed by atoms with Crippen molar-refractivity contribution in [2.45, 2.75) is 18.5 Å². The van der Waals surface area contributed by atoms with Gasteiger partial charge in [-0.3, -0.25) is 19.3 Å². The van der Waals surface area contributed by atoms with Crippen LogP contribution in [-0.4, -0.2) is 54.8 Å². The van der Waals surface area contributed by atoms with Crippen molar-refractivity contribution in [3.8, 4) is 0 Å². The minimum absolute atomic E-state index is 0.154. The Bertz CT molecular complexity index is 1120. The van der Waals surface area contributed by atoms with E-state index in [0.717, 1.165) is 11.3 Å². The van der Waals surface area contributed by atoms with Crippen LogP contribution in [0, 0.1) is 11.8 Å². The van der Waals surface area contributed by atoms with E-state index in [1.54, 1.807) is 37.4 Å². The van der Waals surface area contributed by atoms with Crippen LogP contribution in [0.1, 0.15) is 22.3 Å². The van der Waals surface area contributed by atoms with Crippen LogP contribution in [0.4, 0.5) is 5.69 Å². The monoisotopic (exact) mass is 450 g/mol. The molecule has 2 fully saturated rings. The van der Waals surface area contributed by atoms with Crippen molar-refractivity contribution in [2.75, 3.05) is 25.2 Å². The summed E-state index contributed by atoms with van der Waals surface area (Å²) in [7, 11) is 1.59. The predicted molar refractivity (Wildman–Crippen MR) is 122 cm³/mol. The first-order chi connectivity index (χ1) is 15.5. The number of hydrogen-bond acceptors (Lipinski definition) is 5. The highest BCUT2D eigenvalue weighted by atomic mass is 35.5. The van der Waals surface area contributed by atoms with E-state index in [0.29, 0.717) is 30.2 Å². The maximum Gasteiger partial charge on any atom is 0.235 e. The lowest BCUT2D eigenvalue weighted by Gasteiger charge is -2.36. The quantitative estimate of drug-likeness (QED) is 0.383. The van der Waals surface area contributed by atoms with E-state index in [1.165, 1.54) is 4.90 Å². The number of fused-ring (bicyclic) bond motifs is 5. The second-order valence-corrected chi connectivity index (χ2v) is 8.80. The first kappa shape index (κ1) is 20.9. The van der Waals surface area contributed by atoms with Crippen LogP contribution in [-0.2, 0) is 14.3 Å². The molecule has 0 saturated carbocycles. The molecule has 2 amide bonds. The van der Waals surface area contributed by atoms with Crippen LogP contribution in [0.15, 0.2) is 54.6 Å². The molecule has 2 aromatic carbocycles. The average Bonchev–Trinajstić information content (AvgIpc) is 3.27. The van der Waals surface area contributed by atoms with Crippen molar-refractivity contribution in [3.63, 3.8) is 0 Å². The first-order valence-corrected chi connectivity index (χ1v) is 11.1. The van der Waals surface area contributed by atoms with Crippen molar-refractivity contribution in [1.82, 2.24) is 4.90 Å². The molecule has 32 heavy (non-hydrogen) atoms. The number of benzene rings is 2. The number of anilines is 1. The SMILES string of the molecule is COCCCN1C(=O)C2C(C1=O)C(C(=O)c1ccccc1)N1c3ccc(Cl)cc3C=CC21. The van der Waals surface area contributed by atoms with E-state index in [9.17, 15) is 14.4 Å². The van der Waals surface area contributed by atoms with Gasteiger partial charge in [-0.2, -0.15) is 0 Å². The van der Waals surface area contributed by atoms with Crippen LogP contribution < -0.4 is 4.90 Å². The second kappa shape index (κ2) is 8.19. The van der Waals surface area contributed by atoms with Crippen molar-refractivity contribution in [1.29, 1.82) is 0 Å². The molecular formula is C25H23ClN2O4. The largest absolute Gasteiger partial charge is 0.385 e. The van der Waals surface area contributed by atoms with Crippen molar-refractivity contribution in [3.05, 3.63) is 70.8 Å².